The van der Waals surface area contributed by atoms with Crippen LogP contribution >= 0.6 is 0 Å². The first-order valence-corrected chi connectivity index (χ1v) is 7.46. The molecule has 1 aromatic heterocycles. The van der Waals surface area contributed by atoms with E-state index in [0.717, 1.165) is 25.0 Å². The minimum Gasteiger partial charge on any atom is -0.376 e. The highest BCUT2D eigenvalue weighted by Gasteiger charge is 2.19. The normalized spacial score (nSPS) is 17.5. The lowest BCUT2D eigenvalue weighted by atomic mass is 10.2. The third-order valence-corrected chi connectivity index (χ3v) is 3.80. The van der Waals surface area contributed by atoms with Crippen LogP contribution in [-0.2, 0) is 11.3 Å². The van der Waals surface area contributed by atoms with Crippen molar-refractivity contribution in [3.63, 3.8) is 0 Å². The number of amides is 1. The predicted molar refractivity (Wildman–Crippen MR) is 81.9 cm³/mol. The maximum absolute atomic E-state index is 12.3. The number of benzene rings is 1. The molecular weight excluding hydrogens is 282 g/mol. The number of H-pyrrole nitrogens is 1. The number of imidazole rings is 1. The summed E-state index contributed by atoms with van der Waals surface area (Å²) < 4.78 is 6.92. The van der Waals surface area contributed by atoms with Crippen LogP contribution in [0.15, 0.2) is 41.3 Å². The van der Waals surface area contributed by atoms with Crippen LogP contribution in [-0.4, -0.2) is 34.7 Å². The fourth-order valence-corrected chi connectivity index (χ4v) is 2.61. The van der Waals surface area contributed by atoms with E-state index in [2.05, 4.69) is 10.3 Å². The van der Waals surface area contributed by atoms with Crippen molar-refractivity contribution in [1.29, 1.82) is 0 Å². The number of aromatic nitrogens is 2. The molecule has 2 aromatic rings. The summed E-state index contributed by atoms with van der Waals surface area (Å²) in [6.07, 6.45) is 3.53. The van der Waals surface area contributed by atoms with E-state index in [1.54, 1.807) is 0 Å². The van der Waals surface area contributed by atoms with Crippen molar-refractivity contribution in [2.45, 2.75) is 25.5 Å². The lowest BCUT2D eigenvalue weighted by Gasteiger charge is -2.11. The molecule has 0 spiro atoms. The van der Waals surface area contributed by atoms with Crippen molar-refractivity contribution in [3.05, 3.63) is 58.3 Å². The van der Waals surface area contributed by atoms with Crippen LogP contribution in [0.25, 0.3) is 0 Å². The van der Waals surface area contributed by atoms with E-state index >= 15 is 0 Å². The van der Waals surface area contributed by atoms with E-state index in [9.17, 15) is 9.59 Å². The minimum absolute atomic E-state index is 0.0807. The van der Waals surface area contributed by atoms with Crippen LogP contribution in [0.2, 0.25) is 0 Å². The SMILES string of the molecule is O=C(NCC1CCCO1)c1c[nH]c(=O)n1Cc1ccccc1. The molecule has 1 unspecified atom stereocenters. The summed E-state index contributed by atoms with van der Waals surface area (Å²) in [5.41, 5.74) is 1.02. The zero-order valence-electron chi connectivity index (χ0n) is 12.2. The van der Waals surface area contributed by atoms with Gasteiger partial charge in [-0.05, 0) is 18.4 Å². The second-order valence-electron chi connectivity index (χ2n) is 5.40. The molecule has 1 aliphatic rings. The Labute approximate surface area is 128 Å². The van der Waals surface area contributed by atoms with Crippen LogP contribution in [0.5, 0.6) is 0 Å². The Morgan fingerprint density at radius 3 is 2.91 bits per heavy atom. The molecule has 1 saturated heterocycles. The average Bonchev–Trinajstić information content (AvgIpc) is 3.17. The van der Waals surface area contributed by atoms with Gasteiger partial charge in [0, 0.05) is 19.3 Å². The van der Waals surface area contributed by atoms with Gasteiger partial charge in [-0.2, -0.15) is 0 Å². The number of ether oxygens (including phenoxy) is 1. The van der Waals surface area contributed by atoms with Gasteiger partial charge >= 0.3 is 5.69 Å². The molecule has 1 amide bonds. The Morgan fingerprint density at radius 2 is 2.18 bits per heavy atom. The van der Waals surface area contributed by atoms with Crippen LogP contribution < -0.4 is 11.0 Å². The summed E-state index contributed by atoms with van der Waals surface area (Å²) in [5, 5.41) is 2.84. The summed E-state index contributed by atoms with van der Waals surface area (Å²) in [4.78, 5) is 26.8. The van der Waals surface area contributed by atoms with Crippen molar-refractivity contribution in [2.24, 2.45) is 0 Å². The highest BCUT2D eigenvalue weighted by atomic mass is 16.5. The first-order valence-electron chi connectivity index (χ1n) is 7.46. The Kier molecular flexibility index (Phi) is 4.39. The van der Waals surface area contributed by atoms with Crippen LogP contribution in [0.3, 0.4) is 0 Å². The van der Waals surface area contributed by atoms with Gasteiger partial charge in [-0.25, -0.2) is 4.79 Å². The lowest BCUT2D eigenvalue weighted by Crippen LogP contribution is -2.34. The van der Waals surface area contributed by atoms with Crippen LogP contribution in [0.1, 0.15) is 28.9 Å². The second kappa shape index (κ2) is 6.62. The minimum atomic E-state index is -0.286. The molecule has 2 N–H and O–H groups in total. The summed E-state index contributed by atoms with van der Waals surface area (Å²) in [5.74, 6) is -0.259. The Balaban J connectivity index is 1.70. The number of carbonyl (C=O) groups is 1. The molecule has 116 valence electrons. The van der Waals surface area contributed by atoms with Gasteiger partial charge in [-0.3, -0.25) is 9.36 Å². The number of nitrogens with one attached hydrogen (secondary N) is 2. The number of hydrogen-bond donors (Lipinski definition) is 2. The number of hydrogen-bond acceptors (Lipinski definition) is 3. The monoisotopic (exact) mass is 301 g/mol. The first kappa shape index (κ1) is 14.6. The Morgan fingerprint density at radius 1 is 1.36 bits per heavy atom. The number of nitrogens with zero attached hydrogens (tertiary/aromatic N) is 1. The summed E-state index contributed by atoms with van der Waals surface area (Å²) in [6, 6.07) is 9.58. The first-order chi connectivity index (χ1) is 10.7. The van der Waals surface area contributed by atoms with Crippen molar-refractivity contribution >= 4 is 5.91 Å². The molecule has 3 rings (SSSR count). The summed E-state index contributed by atoms with van der Waals surface area (Å²) in [7, 11) is 0. The molecular formula is C16H19N3O3. The maximum atomic E-state index is 12.3. The van der Waals surface area contributed by atoms with Gasteiger partial charge in [0.2, 0.25) is 0 Å². The lowest BCUT2D eigenvalue weighted by molar-refractivity contribution is 0.0850. The van der Waals surface area contributed by atoms with E-state index in [0.29, 0.717) is 18.8 Å². The molecule has 0 saturated carbocycles. The van der Waals surface area contributed by atoms with E-state index in [4.69, 9.17) is 4.74 Å². The predicted octanol–water partition coefficient (Wildman–Crippen LogP) is 1.13. The Hall–Kier alpha value is -2.34. The molecule has 1 aliphatic heterocycles. The van der Waals surface area contributed by atoms with E-state index < -0.39 is 0 Å². The topological polar surface area (TPSA) is 76.1 Å². The van der Waals surface area contributed by atoms with Gasteiger partial charge < -0.3 is 15.0 Å². The van der Waals surface area contributed by atoms with Gasteiger partial charge in [0.1, 0.15) is 5.69 Å². The molecule has 1 aromatic carbocycles. The smallest absolute Gasteiger partial charge is 0.326 e. The molecule has 1 fully saturated rings. The van der Waals surface area contributed by atoms with E-state index in [-0.39, 0.29) is 17.7 Å². The highest BCUT2D eigenvalue weighted by Crippen LogP contribution is 2.11. The van der Waals surface area contributed by atoms with Crippen LogP contribution in [0.4, 0.5) is 0 Å². The number of aromatic amines is 1. The van der Waals surface area contributed by atoms with Crippen molar-refractivity contribution in [1.82, 2.24) is 14.9 Å². The third kappa shape index (κ3) is 3.28. The molecule has 6 heteroatoms. The molecule has 0 aliphatic carbocycles. The zero-order chi connectivity index (χ0) is 15.4. The van der Waals surface area contributed by atoms with Crippen molar-refractivity contribution < 1.29 is 9.53 Å². The standard InChI is InChI=1S/C16H19N3O3/c20-15(17-9-13-7-4-8-22-13)14-10-18-16(21)19(14)11-12-5-2-1-3-6-12/h1-3,5-6,10,13H,4,7-9,11H2,(H,17,20)(H,18,21). The van der Waals surface area contributed by atoms with Gasteiger partial charge in [-0.1, -0.05) is 30.3 Å². The van der Waals surface area contributed by atoms with Gasteiger partial charge in [0.15, 0.2) is 0 Å². The van der Waals surface area contributed by atoms with Gasteiger partial charge in [0.05, 0.1) is 12.6 Å². The maximum Gasteiger partial charge on any atom is 0.326 e. The number of carbonyl (C=O) groups excluding carboxylic acids is 1. The molecule has 1 atom stereocenters. The third-order valence-electron chi connectivity index (χ3n) is 3.80. The molecule has 0 radical (unpaired) electrons. The zero-order valence-corrected chi connectivity index (χ0v) is 12.2. The fourth-order valence-electron chi connectivity index (χ4n) is 2.61. The Bertz CT molecular complexity index is 684. The molecule has 6 nitrogen and oxygen atoms in total. The van der Waals surface area contributed by atoms with Gasteiger partial charge in [0.25, 0.3) is 5.91 Å². The largest absolute Gasteiger partial charge is 0.376 e. The molecule has 2 heterocycles. The average molecular weight is 301 g/mol. The number of rotatable bonds is 5. The van der Waals surface area contributed by atoms with Crippen LogP contribution in [0, 0.1) is 0 Å². The van der Waals surface area contributed by atoms with E-state index in [1.165, 1.54) is 10.8 Å². The summed E-state index contributed by atoms with van der Waals surface area (Å²) >= 11 is 0. The van der Waals surface area contributed by atoms with Gasteiger partial charge in [-0.15, -0.1) is 0 Å². The fraction of sp³-hybridized carbons (Fsp3) is 0.375. The second-order valence-corrected chi connectivity index (χ2v) is 5.40. The quantitative estimate of drug-likeness (QED) is 0.869. The molecule has 22 heavy (non-hydrogen) atoms. The highest BCUT2D eigenvalue weighted by molar-refractivity contribution is 5.92. The summed E-state index contributed by atoms with van der Waals surface area (Å²) in [6.45, 7) is 1.60. The van der Waals surface area contributed by atoms with Crippen molar-refractivity contribution in [3.8, 4) is 0 Å². The van der Waals surface area contributed by atoms with E-state index in [1.807, 2.05) is 30.3 Å². The molecule has 0 bridgehead atoms. The van der Waals surface area contributed by atoms with Crippen molar-refractivity contribution in [2.75, 3.05) is 13.2 Å².